The first-order valence-electron chi connectivity index (χ1n) is 4.17. The van der Waals surface area contributed by atoms with Crippen LogP contribution in [0.5, 0.6) is 0 Å². The Kier molecular flexibility index (Phi) is 2.39. The second-order valence-corrected chi connectivity index (χ2v) is 3.83. The number of likely N-dealkylation sites (N-methyl/N-ethyl adjacent to an activating group) is 1. The Bertz CT molecular complexity index is 234. The Hall–Kier alpha value is -0.450. The van der Waals surface area contributed by atoms with Gasteiger partial charge in [-0.2, -0.15) is 0 Å². The lowest BCUT2D eigenvalue weighted by molar-refractivity contribution is 0.199. The van der Waals surface area contributed by atoms with Gasteiger partial charge in [-0.25, -0.2) is 4.98 Å². The minimum atomic E-state index is 0.477. The molecule has 1 atom stereocenters. The molecule has 1 aliphatic heterocycles. The van der Waals surface area contributed by atoms with Crippen molar-refractivity contribution >= 4 is 11.3 Å². The molecule has 0 aromatic carbocycles. The number of aromatic nitrogens is 1. The second kappa shape index (κ2) is 3.51. The molecule has 0 radical (unpaired) electrons. The van der Waals surface area contributed by atoms with Gasteiger partial charge in [0.05, 0.1) is 17.2 Å². The van der Waals surface area contributed by atoms with Crippen LogP contribution < -0.4 is 5.32 Å². The highest BCUT2D eigenvalue weighted by atomic mass is 32.1. The quantitative estimate of drug-likeness (QED) is 0.695. The zero-order valence-corrected chi connectivity index (χ0v) is 7.97. The lowest BCUT2D eigenvalue weighted by atomic mass is 10.1. The van der Waals surface area contributed by atoms with Crippen LogP contribution in [0.1, 0.15) is 11.7 Å². The van der Waals surface area contributed by atoms with Gasteiger partial charge in [0, 0.05) is 25.0 Å². The average molecular weight is 183 g/mol. The van der Waals surface area contributed by atoms with Gasteiger partial charge in [0.2, 0.25) is 0 Å². The predicted octanol–water partition coefficient (Wildman–Crippen LogP) is 0.719. The van der Waals surface area contributed by atoms with Crippen molar-refractivity contribution in [1.29, 1.82) is 0 Å². The first-order valence-corrected chi connectivity index (χ1v) is 5.11. The molecule has 1 saturated heterocycles. The Morgan fingerprint density at radius 3 is 3.33 bits per heavy atom. The van der Waals surface area contributed by atoms with E-state index in [0.717, 1.165) is 19.6 Å². The van der Waals surface area contributed by atoms with E-state index in [9.17, 15) is 0 Å². The normalized spacial score (nSPS) is 25.9. The highest BCUT2D eigenvalue weighted by Gasteiger charge is 2.21. The molecular formula is C8H13N3S. The predicted molar refractivity (Wildman–Crippen MR) is 50.4 cm³/mol. The lowest BCUT2D eigenvalue weighted by Gasteiger charge is -2.31. The number of nitrogens with zero attached hydrogens (tertiary/aromatic N) is 2. The molecule has 1 aliphatic rings. The van der Waals surface area contributed by atoms with Gasteiger partial charge in [-0.1, -0.05) is 0 Å². The van der Waals surface area contributed by atoms with Crippen LogP contribution in [-0.4, -0.2) is 36.6 Å². The van der Waals surface area contributed by atoms with Gasteiger partial charge in [-0.15, -0.1) is 11.3 Å². The van der Waals surface area contributed by atoms with Gasteiger partial charge >= 0.3 is 0 Å². The molecule has 0 bridgehead atoms. The van der Waals surface area contributed by atoms with E-state index in [-0.39, 0.29) is 0 Å². The number of hydrogen-bond donors (Lipinski definition) is 1. The van der Waals surface area contributed by atoms with E-state index < -0.39 is 0 Å². The number of piperazine rings is 1. The Morgan fingerprint density at radius 2 is 2.67 bits per heavy atom. The maximum atomic E-state index is 4.33. The maximum Gasteiger partial charge on any atom is 0.0795 e. The van der Waals surface area contributed by atoms with E-state index in [2.05, 4.69) is 27.6 Å². The SMILES string of the molecule is CN1CCNCC1c1cscn1. The fourth-order valence-corrected chi connectivity index (χ4v) is 2.12. The number of rotatable bonds is 1. The second-order valence-electron chi connectivity index (χ2n) is 3.11. The smallest absolute Gasteiger partial charge is 0.0795 e. The van der Waals surface area contributed by atoms with E-state index in [1.807, 2.05) is 5.51 Å². The van der Waals surface area contributed by atoms with Crippen molar-refractivity contribution in [3.63, 3.8) is 0 Å². The van der Waals surface area contributed by atoms with E-state index in [4.69, 9.17) is 0 Å². The topological polar surface area (TPSA) is 28.2 Å². The minimum absolute atomic E-state index is 0.477. The van der Waals surface area contributed by atoms with E-state index in [1.54, 1.807) is 11.3 Å². The van der Waals surface area contributed by atoms with Gasteiger partial charge in [0.1, 0.15) is 0 Å². The van der Waals surface area contributed by atoms with Crippen LogP contribution in [0.4, 0.5) is 0 Å². The number of nitrogens with one attached hydrogen (secondary N) is 1. The van der Waals surface area contributed by atoms with Crippen molar-refractivity contribution in [2.24, 2.45) is 0 Å². The minimum Gasteiger partial charge on any atom is -0.313 e. The lowest BCUT2D eigenvalue weighted by Crippen LogP contribution is -2.43. The molecule has 0 saturated carbocycles. The summed E-state index contributed by atoms with van der Waals surface area (Å²) in [5, 5.41) is 5.51. The van der Waals surface area contributed by atoms with Crippen molar-refractivity contribution in [2.75, 3.05) is 26.7 Å². The van der Waals surface area contributed by atoms with E-state index in [0.29, 0.717) is 6.04 Å². The van der Waals surface area contributed by atoms with Crippen LogP contribution in [0.25, 0.3) is 0 Å². The molecule has 3 nitrogen and oxygen atoms in total. The highest BCUT2D eigenvalue weighted by molar-refractivity contribution is 7.07. The molecule has 0 amide bonds. The molecule has 12 heavy (non-hydrogen) atoms. The van der Waals surface area contributed by atoms with Crippen molar-refractivity contribution in [1.82, 2.24) is 15.2 Å². The van der Waals surface area contributed by atoms with Gasteiger partial charge in [0.15, 0.2) is 0 Å². The van der Waals surface area contributed by atoms with E-state index >= 15 is 0 Å². The third-order valence-electron chi connectivity index (χ3n) is 2.30. The Labute approximate surface area is 76.4 Å². The van der Waals surface area contributed by atoms with Crippen molar-refractivity contribution in [2.45, 2.75) is 6.04 Å². The monoisotopic (exact) mass is 183 g/mol. The average Bonchev–Trinajstić information content (AvgIpc) is 2.57. The summed E-state index contributed by atoms with van der Waals surface area (Å²) in [4.78, 5) is 6.68. The summed E-state index contributed by atoms with van der Waals surface area (Å²) in [6.07, 6.45) is 0. The summed E-state index contributed by atoms with van der Waals surface area (Å²) in [5.74, 6) is 0. The third kappa shape index (κ3) is 1.50. The molecular weight excluding hydrogens is 170 g/mol. The van der Waals surface area contributed by atoms with Gasteiger partial charge in [-0.05, 0) is 7.05 Å². The highest BCUT2D eigenvalue weighted by Crippen LogP contribution is 2.19. The summed E-state index contributed by atoms with van der Waals surface area (Å²) in [7, 11) is 2.16. The number of thiazole rings is 1. The molecule has 2 rings (SSSR count). The van der Waals surface area contributed by atoms with Crippen LogP contribution in [0.2, 0.25) is 0 Å². The third-order valence-corrected chi connectivity index (χ3v) is 2.91. The molecule has 0 spiro atoms. The first kappa shape index (κ1) is 8.16. The van der Waals surface area contributed by atoms with Crippen LogP contribution in [-0.2, 0) is 0 Å². The van der Waals surface area contributed by atoms with Crippen LogP contribution in [0.15, 0.2) is 10.9 Å². The molecule has 1 N–H and O–H groups in total. The fourth-order valence-electron chi connectivity index (χ4n) is 1.52. The number of hydrogen-bond acceptors (Lipinski definition) is 4. The van der Waals surface area contributed by atoms with Crippen molar-refractivity contribution in [3.05, 3.63) is 16.6 Å². The Balaban J connectivity index is 2.11. The molecule has 1 unspecified atom stereocenters. The van der Waals surface area contributed by atoms with Crippen molar-refractivity contribution in [3.8, 4) is 0 Å². The zero-order valence-electron chi connectivity index (χ0n) is 7.16. The molecule has 66 valence electrons. The van der Waals surface area contributed by atoms with Crippen LogP contribution in [0.3, 0.4) is 0 Å². The van der Waals surface area contributed by atoms with Gasteiger partial charge < -0.3 is 5.32 Å². The van der Waals surface area contributed by atoms with Crippen molar-refractivity contribution < 1.29 is 0 Å². The summed E-state index contributed by atoms with van der Waals surface area (Å²) in [6.45, 7) is 3.24. The molecule has 0 aliphatic carbocycles. The molecule has 2 heterocycles. The largest absolute Gasteiger partial charge is 0.313 e. The summed E-state index contributed by atoms with van der Waals surface area (Å²) in [5.41, 5.74) is 3.10. The first-order chi connectivity index (χ1) is 5.88. The zero-order chi connectivity index (χ0) is 8.39. The fraction of sp³-hybridized carbons (Fsp3) is 0.625. The van der Waals surface area contributed by atoms with Gasteiger partial charge in [0.25, 0.3) is 0 Å². The molecule has 4 heteroatoms. The van der Waals surface area contributed by atoms with Gasteiger partial charge in [-0.3, -0.25) is 4.90 Å². The van der Waals surface area contributed by atoms with E-state index in [1.165, 1.54) is 5.69 Å². The molecule has 1 aromatic heterocycles. The molecule has 1 fully saturated rings. The standard InChI is InChI=1S/C8H13N3S/c1-11-3-2-9-4-8(11)7-5-12-6-10-7/h5-6,8-9H,2-4H2,1H3. The van der Waals surface area contributed by atoms with Crippen LogP contribution >= 0.6 is 11.3 Å². The summed E-state index contributed by atoms with van der Waals surface area (Å²) < 4.78 is 0. The Morgan fingerprint density at radius 1 is 1.75 bits per heavy atom. The summed E-state index contributed by atoms with van der Waals surface area (Å²) in [6, 6.07) is 0.477. The maximum absolute atomic E-state index is 4.33. The molecule has 1 aromatic rings. The summed E-state index contributed by atoms with van der Waals surface area (Å²) >= 11 is 1.67. The van der Waals surface area contributed by atoms with Crippen LogP contribution in [0, 0.1) is 0 Å².